The lowest BCUT2D eigenvalue weighted by Crippen LogP contribution is -2.30. The minimum absolute atomic E-state index is 0.309. The Morgan fingerprint density at radius 2 is 1.90 bits per heavy atom. The minimum Gasteiger partial charge on any atom is -0.339 e. The van der Waals surface area contributed by atoms with E-state index in [0.717, 1.165) is 0 Å². The van der Waals surface area contributed by atoms with Crippen LogP contribution in [-0.4, -0.2) is 37.2 Å². The first-order valence-electron chi connectivity index (χ1n) is 5.85. The molecule has 1 rings (SSSR count). The van der Waals surface area contributed by atoms with Gasteiger partial charge < -0.3 is 4.90 Å². The van der Waals surface area contributed by atoms with Crippen molar-refractivity contribution in [1.82, 2.24) is 4.90 Å². The Morgan fingerprint density at radius 3 is 2.29 bits per heavy atom. The lowest BCUT2D eigenvalue weighted by Gasteiger charge is -2.18. The van der Waals surface area contributed by atoms with Crippen molar-refractivity contribution in [3.8, 4) is 0 Å². The molecule has 1 aromatic carbocycles. The summed E-state index contributed by atoms with van der Waals surface area (Å²) in [5.74, 6) is -2.24. The average Bonchev–Trinajstić information content (AvgIpc) is 2.38. The number of rotatable bonds is 5. The van der Waals surface area contributed by atoms with Gasteiger partial charge in [-0.05, 0) is 19.9 Å². The van der Waals surface area contributed by atoms with E-state index in [1.54, 1.807) is 13.8 Å². The van der Waals surface area contributed by atoms with Gasteiger partial charge in [-0.2, -0.15) is 4.39 Å². The first-order valence-corrected chi connectivity index (χ1v) is 8.16. The van der Waals surface area contributed by atoms with Crippen LogP contribution >= 0.6 is 10.7 Å². The Kier molecular flexibility index (Phi) is 5.24. The van der Waals surface area contributed by atoms with Crippen molar-refractivity contribution < 1.29 is 22.5 Å². The number of benzene rings is 1. The van der Waals surface area contributed by atoms with Gasteiger partial charge in [-0.3, -0.25) is 14.9 Å². The number of nitro benzene ring substituents is 1. The van der Waals surface area contributed by atoms with Crippen LogP contribution in [0, 0.1) is 15.9 Å². The maximum Gasteiger partial charge on any atom is 0.307 e. The smallest absolute Gasteiger partial charge is 0.307 e. The first kappa shape index (κ1) is 17.3. The Balaban J connectivity index is 3.59. The molecule has 0 saturated carbocycles. The summed E-state index contributed by atoms with van der Waals surface area (Å²) in [7, 11) is 0.487. The summed E-state index contributed by atoms with van der Waals surface area (Å²) in [5.41, 5.74) is -1.43. The molecule has 7 nitrogen and oxygen atoms in total. The fraction of sp³-hybridized carbons (Fsp3) is 0.364. The van der Waals surface area contributed by atoms with E-state index < -0.39 is 36.3 Å². The van der Waals surface area contributed by atoms with Crippen molar-refractivity contribution in [3.63, 3.8) is 0 Å². The zero-order valence-corrected chi connectivity index (χ0v) is 12.7. The number of hydrogen-bond donors (Lipinski definition) is 0. The first-order chi connectivity index (χ1) is 9.63. The maximum absolute atomic E-state index is 13.8. The SMILES string of the molecule is CCN(CC)C(=O)c1cc([N+](=O)[O-])c(F)c(S(=O)(=O)Cl)c1. The van der Waals surface area contributed by atoms with Crippen LogP contribution in [0.1, 0.15) is 24.2 Å². The Morgan fingerprint density at radius 1 is 1.38 bits per heavy atom. The lowest BCUT2D eigenvalue weighted by molar-refractivity contribution is -0.387. The Bertz CT molecular complexity index is 688. The molecule has 10 heteroatoms. The number of halogens is 2. The van der Waals surface area contributed by atoms with Crippen LogP contribution in [0.2, 0.25) is 0 Å². The van der Waals surface area contributed by atoms with Crippen molar-refractivity contribution in [1.29, 1.82) is 0 Å². The highest BCUT2D eigenvalue weighted by Crippen LogP contribution is 2.29. The standard InChI is InChI=1S/C11H12ClFN2O5S/c1-3-14(4-2)11(16)7-5-8(15(17)18)10(13)9(6-7)21(12,19)20/h5-6H,3-4H2,1-2H3. The number of hydrogen-bond acceptors (Lipinski definition) is 5. The van der Waals surface area contributed by atoms with Crippen LogP contribution in [0.4, 0.5) is 10.1 Å². The third-order valence-corrected chi connectivity index (χ3v) is 4.10. The average molecular weight is 339 g/mol. The molecule has 0 fully saturated rings. The lowest BCUT2D eigenvalue weighted by atomic mass is 10.1. The number of amides is 1. The number of nitro groups is 1. The van der Waals surface area contributed by atoms with Crippen molar-refractivity contribution >= 4 is 31.3 Å². The third-order valence-electron chi connectivity index (χ3n) is 2.78. The van der Waals surface area contributed by atoms with Gasteiger partial charge in [0.05, 0.1) is 4.92 Å². The molecule has 0 aliphatic rings. The highest BCUT2D eigenvalue weighted by atomic mass is 35.7. The van der Waals surface area contributed by atoms with Gasteiger partial charge in [-0.1, -0.05) is 0 Å². The van der Waals surface area contributed by atoms with E-state index in [4.69, 9.17) is 10.7 Å². The third kappa shape index (κ3) is 3.67. The molecule has 1 aromatic rings. The van der Waals surface area contributed by atoms with Gasteiger partial charge in [0.25, 0.3) is 15.0 Å². The fourth-order valence-corrected chi connectivity index (χ4v) is 2.63. The zero-order chi connectivity index (χ0) is 16.4. The number of nitrogens with zero attached hydrogens (tertiary/aromatic N) is 2. The predicted octanol–water partition coefficient (Wildman–Crippen LogP) is 2.14. The molecule has 21 heavy (non-hydrogen) atoms. The van der Waals surface area contributed by atoms with Crippen LogP contribution < -0.4 is 0 Å². The number of carbonyl (C=O) groups is 1. The van der Waals surface area contributed by atoms with Gasteiger partial charge in [-0.15, -0.1) is 0 Å². The van der Waals surface area contributed by atoms with E-state index in [2.05, 4.69) is 0 Å². The van der Waals surface area contributed by atoms with Crippen LogP contribution in [0.5, 0.6) is 0 Å². The summed E-state index contributed by atoms with van der Waals surface area (Å²) in [4.78, 5) is 22.0. The summed E-state index contributed by atoms with van der Waals surface area (Å²) >= 11 is 0. The van der Waals surface area contributed by atoms with E-state index in [0.29, 0.717) is 25.2 Å². The number of carbonyl (C=O) groups excluding carboxylic acids is 1. The van der Waals surface area contributed by atoms with Gasteiger partial charge in [0.2, 0.25) is 5.82 Å². The summed E-state index contributed by atoms with van der Waals surface area (Å²) < 4.78 is 36.4. The summed E-state index contributed by atoms with van der Waals surface area (Å²) in [6.45, 7) is 3.98. The minimum atomic E-state index is -4.56. The highest BCUT2D eigenvalue weighted by Gasteiger charge is 2.29. The highest BCUT2D eigenvalue weighted by molar-refractivity contribution is 8.13. The normalized spacial score (nSPS) is 11.2. The summed E-state index contributed by atoms with van der Waals surface area (Å²) in [5, 5.41) is 10.8. The molecule has 116 valence electrons. The van der Waals surface area contributed by atoms with E-state index in [1.165, 1.54) is 4.90 Å². The zero-order valence-electron chi connectivity index (χ0n) is 11.2. The molecule has 0 atom stereocenters. The van der Waals surface area contributed by atoms with Crippen LogP contribution in [0.25, 0.3) is 0 Å². The van der Waals surface area contributed by atoms with Gasteiger partial charge in [0, 0.05) is 35.4 Å². The predicted molar refractivity (Wildman–Crippen MR) is 73.3 cm³/mol. The second-order valence-corrected chi connectivity index (χ2v) is 6.51. The Hall–Kier alpha value is -1.74. The monoisotopic (exact) mass is 338 g/mol. The topological polar surface area (TPSA) is 97.6 Å². The molecular formula is C11H12ClFN2O5S. The molecule has 0 heterocycles. The maximum atomic E-state index is 13.8. The molecule has 0 bridgehead atoms. The van der Waals surface area contributed by atoms with Crippen molar-refractivity contribution in [2.45, 2.75) is 18.7 Å². The molecule has 0 aliphatic carbocycles. The molecule has 0 unspecified atom stereocenters. The summed E-state index contributed by atoms with van der Waals surface area (Å²) in [6, 6.07) is 1.40. The quantitative estimate of drug-likeness (QED) is 0.465. The Labute approximate surface area is 124 Å². The largest absolute Gasteiger partial charge is 0.339 e. The summed E-state index contributed by atoms with van der Waals surface area (Å²) in [6.07, 6.45) is 0. The van der Waals surface area contributed by atoms with E-state index in [9.17, 15) is 27.7 Å². The molecule has 0 saturated heterocycles. The fourth-order valence-electron chi connectivity index (χ4n) is 1.71. The molecular weight excluding hydrogens is 327 g/mol. The van der Waals surface area contributed by atoms with Crippen molar-refractivity contribution in [2.75, 3.05) is 13.1 Å². The molecule has 1 amide bonds. The molecule has 0 N–H and O–H groups in total. The second-order valence-electron chi connectivity index (χ2n) is 3.98. The van der Waals surface area contributed by atoms with Gasteiger partial charge in [0.1, 0.15) is 4.90 Å². The van der Waals surface area contributed by atoms with E-state index in [-0.39, 0.29) is 5.56 Å². The second kappa shape index (κ2) is 6.35. The van der Waals surface area contributed by atoms with Gasteiger partial charge in [-0.25, -0.2) is 8.42 Å². The van der Waals surface area contributed by atoms with E-state index >= 15 is 0 Å². The van der Waals surface area contributed by atoms with E-state index in [1.807, 2.05) is 0 Å². The van der Waals surface area contributed by atoms with Gasteiger partial charge >= 0.3 is 5.69 Å². The van der Waals surface area contributed by atoms with Crippen molar-refractivity contribution in [2.24, 2.45) is 0 Å². The van der Waals surface area contributed by atoms with Crippen LogP contribution in [0.3, 0.4) is 0 Å². The van der Waals surface area contributed by atoms with Crippen molar-refractivity contribution in [3.05, 3.63) is 33.6 Å². The molecule has 0 radical (unpaired) electrons. The molecule has 0 aliphatic heterocycles. The molecule has 0 aromatic heterocycles. The molecule has 0 spiro atoms. The van der Waals surface area contributed by atoms with Crippen LogP contribution in [-0.2, 0) is 9.05 Å². The van der Waals surface area contributed by atoms with Crippen LogP contribution in [0.15, 0.2) is 17.0 Å². The van der Waals surface area contributed by atoms with Gasteiger partial charge in [0.15, 0.2) is 0 Å².